The van der Waals surface area contributed by atoms with Gasteiger partial charge in [0.05, 0.1) is 0 Å². The molecule has 2 aromatic carbocycles. The lowest BCUT2D eigenvalue weighted by molar-refractivity contribution is 0.189. The fraction of sp³-hybridized carbons (Fsp3) is 0.476. The highest BCUT2D eigenvalue weighted by Gasteiger charge is 2.22. The van der Waals surface area contributed by atoms with Crippen molar-refractivity contribution in [1.29, 1.82) is 0 Å². The molecule has 0 aliphatic carbocycles. The van der Waals surface area contributed by atoms with Crippen LogP contribution in [-0.2, 0) is 0 Å². The largest absolute Gasteiger partial charge is 0.330 e. The highest BCUT2D eigenvalue weighted by Crippen LogP contribution is 2.28. The van der Waals surface area contributed by atoms with Crippen LogP contribution in [0.5, 0.6) is 0 Å². The molecule has 1 amide bonds. The molecule has 0 saturated carbocycles. The van der Waals surface area contributed by atoms with Gasteiger partial charge in [0.1, 0.15) is 0 Å². The first-order chi connectivity index (χ1) is 11.5. The molecule has 2 nitrogen and oxygen atoms in total. The Morgan fingerprint density at radius 3 is 2.33 bits per heavy atom. The average molecular weight is 344 g/mol. The molecule has 130 valence electrons. The smallest absolute Gasteiger partial charge is 0.286 e. The van der Waals surface area contributed by atoms with E-state index in [1.807, 2.05) is 12.1 Å². The van der Waals surface area contributed by atoms with Crippen LogP contribution in [0.2, 0.25) is 0 Å². The predicted molar refractivity (Wildman–Crippen MR) is 106 cm³/mol. The molecule has 24 heavy (non-hydrogen) atoms. The van der Waals surface area contributed by atoms with Crippen LogP contribution in [0.1, 0.15) is 47.0 Å². The normalized spacial score (nSPS) is 11.4. The van der Waals surface area contributed by atoms with Gasteiger partial charge in [0.15, 0.2) is 0 Å². The number of rotatable bonds is 7. The average Bonchev–Trinajstić information content (AvgIpc) is 2.58. The Hall–Kier alpha value is -1.48. The van der Waals surface area contributed by atoms with E-state index in [0.29, 0.717) is 12.0 Å². The Bertz CT molecular complexity index is 664. The van der Waals surface area contributed by atoms with Crippen LogP contribution in [0.4, 0.5) is 4.79 Å². The molecule has 0 heterocycles. The van der Waals surface area contributed by atoms with Gasteiger partial charge in [-0.1, -0.05) is 58.0 Å². The third-order valence-electron chi connectivity index (χ3n) is 4.49. The standard InChI is InChI=1S/C21H29NOS/c1-5-19(6-2)22(14-13-16(3)4)21(23)24-20-12-11-17-9-7-8-10-18(17)15-20/h7-12,15-16,19H,5-6,13-14H2,1-4H3. The molecular weight excluding hydrogens is 314 g/mol. The van der Waals surface area contributed by atoms with Crippen LogP contribution in [0.3, 0.4) is 0 Å². The van der Waals surface area contributed by atoms with Gasteiger partial charge in [0.2, 0.25) is 0 Å². The van der Waals surface area contributed by atoms with E-state index < -0.39 is 0 Å². The summed E-state index contributed by atoms with van der Waals surface area (Å²) in [6.07, 6.45) is 3.08. The van der Waals surface area contributed by atoms with Crippen LogP contribution < -0.4 is 0 Å². The SMILES string of the molecule is CCC(CC)N(CCC(C)C)C(=O)Sc1ccc2ccccc2c1. The summed E-state index contributed by atoms with van der Waals surface area (Å²) in [7, 11) is 0. The van der Waals surface area contributed by atoms with Crippen LogP contribution in [-0.4, -0.2) is 22.7 Å². The van der Waals surface area contributed by atoms with Crippen molar-refractivity contribution in [3.05, 3.63) is 42.5 Å². The second-order valence-electron chi connectivity index (χ2n) is 6.72. The van der Waals surface area contributed by atoms with Crippen LogP contribution in [0.25, 0.3) is 10.8 Å². The van der Waals surface area contributed by atoms with E-state index >= 15 is 0 Å². The Labute approximate surface area is 150 Å². The van der Waals surface area contributed by atoms with Crippen molar-refractivity contribution >= 4 is 27.8 Å². The molecule has 2 aromatic rings. The lowest BCUT2D eigenvalue weighted by Crippen LogP contribution is -2.38. The second-order valence-corrected chi connectivity index (χ2v) is 7.75. The molecule has 0 aliphatic rings. The molecule has 0 aliphatic heterocycles. The van der Waals surface area contributed by atoms with Crippen molar-refractivity contribution in [3.63, 3.8) is 0 Å². The van der Waals surface area contributed by atoms with E-state index in [-0.39, 0.29) is 5.24 Å². The molecule has 0 atom stereocenters. The molecule has 3 heteroatoms. The maximum absolute atomic E-state index is 12.9. The summed E-state index contributed by atoms with van der Waals surface area (Å²) >= 11 is 1.36. The molecule has 0 spiro atoms. The molecule has 0 saturated heterocycles. The number of amides is 1. The number of carbonyl (C=O) groups is 1. The van der Waals surface area contributed by atoms with E-state index in [1.165, 1.54) is 22.5 Å². The minimum Gasteiger partial charge on any atom is -0.330 e. The topological polar surface area (TPSA) is 20.3 Å². The van der Waals surface area contributed by atoms with Crippen molar-refractivity contribution in [2.24, 2.45) is 5.92 Å². The van der Waals surface area contributed by atoms with Gasteiger partial charge in [0, 0.05) is 17.5 Å². The van der Waals surface area contributed by atoms with Crippen LogP contribution >= 0.6 is 11.8 Å². The van der Waals surface area contributed by atoms with Crippen LogP contribution in [0.15, 0.2) is 47.4 Å². The van der Waals surface area contributed by atoms with E-state index in [9.17, 15) is 4.79 Å². The monoisotopic (exact) mass is 343 g/mol. The third kappa shape index (κ3) is 5.01. The lowest BCUT2D eigenvalue weighted by Gasteiger charge is -2.30. The van der Waals surface area contributed by atoms with E-state index in [1.54, 1.807) is 0 Å². The number of nitrogens with zero attached hydrogens (tertiary/aromatic N) is 1. The zero-order valence-corrected chi connectivity index (χ0v) is 16.1. The molecule has 0 radical (unpaired) electrons. The van der Waals surface area contributed by atoms with Gasteiger partial charge >= 0.3 is 0 Å². The zero-order valence-electron chi connectivity index (χ0n) is 15.3. The van der Waals surface area contributed by atoms with Gasteiger partial charge in [-0.25, -0.2) is 0 Å². The van der Waals surface area contributed by atoms with E-state index in [0.717, 1.165) is 30.7 Å². The van der Waals surface area contributed by atoms with Crippen molar-refractivity contribution < 1.29 is 4.79 Å². The fourth-order valence-electron chi connectivity index (χ4n) is 2.94. The quantitative estimate of drug-likeness (QED) is 0.529. The van der Waals surface area contributed by atoms with Crippen molar-refractivity contribution in [3.8, 4) is 0 Å². The Balaban J connectivity index is 2.14. The number of hydrogen-bond donors (Lipinski definition) is 0. The number of fused-ring (bicyclic) bond motifs is 1. The molecule has 0 N–H and O–H groups in total. The first-order valence-electron chi connectivity index (χ1n) is 9.02. The van der Waals surface area contributed by atoms with Crippen molar-refractivity contribution in [1.82, 2.24) is 4.90 Å². The lowest BCUT2D eigenvalue weighted by atomic mass is 10.1. The fourth-order valence-corrected chi connectivity index (χ4v) is 3.82. The van der Waals surface area contributed by atoms with E-state index in [2.05, 4.69) is 62.9 Å². The number of carbonyl (C=O) groups excluding carboxylic acids is 1. The van der Waals surface area contributed by atoms with E-state index in [4.69, 9.17) is 0 Å². The summed E-state index contributed by atoms with van der Waals surface area (Å²) in [5, 5.41) is 2.58. The molecule has 0 unspecified atom stereocenters. The van der Waals surface area contributed by atoms with Gasteiger partial charge in [-0.15, -0.1) is 0 Å². The Kier molecular flexibility index (Phi) is 7.16. The Morgan fingerprint density at radius 1 is 1.04 bits per heavy atom. The molecule has 0 aromatic heterocycles. The molecule has 0 fully saturated rings. The van der Waals surface area contributed by atoms with Gasteiger partial charge in [0.25, 0.3) is 5.24 Å². The summed E-state index contributed by atoms with van der Waals surface area (Å²) in [5.41, 5.74) is 0. The highest BCUT2D eigenvalue weighted by atomic mass is 32.2. The predicted octanol–water partition coefficient (Wildman–Crippen LogP) is 6.59. The third-order valence-corrected chi connectivity index (χ3v) is 5.39. The highest BCUT2D eigenvalue weighted by molar-refractivity contribution is 8.13. The molecular formula is C21H29NOS. The minimum atomic E-state index is 0.180. The Morgan fingerprint density at radius 2 is 1.71 bits per heavy atom. The van der Waals surface area contributed by atoms with Gasteiger partial charge in [-0.3, -0.25) is 4.79 Å². The van der Waals surface area contributed by atoms with Crippen molar-refractivity contribution in [2.75, 3.05) is 6.54 Å². The number of hydrogen-bond acceptors (Lipinski definition) is 2. The zero-order chi connectivity index (χ0) is 17.5. The van der Waals surface area contributed by atoms with Crippen LogP contribution in [0, 0.1) is 5.92 Å². The minimum absolute atomic E-state index is 0.180. The summed E-state index contributed by atoms with van der Waals surface area (Å²) < 4.78 is 0. The summed E-state index contributed by atoms with van der Waals surface area (Å²) in [6, 6.07) is 14.9. The summed E-state index contributed by atoms with van der Waals surface area (Å²) in [5.74, 6) is 0.611. The van der Waals surface area contributed by atoms with Gasteiger partial charge < -0.3 is 4.90 Å². The summed E-state index contributed by atoms with van der Waals surface area (Å²) in [6.45, 7) is 9.62. The number of thioether (sulfide) groups is 1. The molecule has 2 rings (SSSR count). The molecule has 0 bridgehead atoms. The van der Waals surface area contributed by atoms with Gasteiger partial charge in [-0.05, 0) is 59.8 Å². The first kappa shape index (κ1) is 18.9. The maximum Gasteiger partial charge on any atom is 0.286 e. The first-order valence-corrected chi connectivity index (χ1v) is 9.84. The second kappa shape index (κ2) is 9.12. The van der Waals surface area contributed by atoms with Gasteiger partial charge in [-0.2, -0.15) is 0 Å². The number of benzene rings is 2. The maximum atomic E-state index is 12.9. The van der Waals surface area contributed by atoms with Crippen molar-refractivity contribution in [2.45, 2.75) is 57.9 Å². The summed E-state index contributed by atoms with van der Waals surface area (Å²) in [4.78, 5) is 16.0.